The molecule has 1 aromatic rings. The average molecular weight is 237 g/mol. The number of aromatic amines is 1. The molecule has 1 aromatic heterocycles. The lowest BCUT2D eigenvalue weighted by Gasteiger charge is -2.22. The molecule has 94 valence electrons. The van der Waals surface area contributed by atoms with E-state index in [2.05, 4.69) is 10.2 Å². The predicted octanol–water partition coefficient (Wildman–Crippen LogP) is 1.28. The van der Waals surface area contributed by atoms with E-state index >= 15 is 0 Å². The summed E-state index contributed by atoms with van der Waals surface area (Å²) >= 11 is 0. The summed E-state index contributed by atoms with van der Waals surface area (Å²) in [5, 5.41) is 6.94. The molecule has 1 N–H and O–H groups in total. The number of methoxy groups -OCH3 is 1. The molecule has 1 amide bonds. The molecular formula is C12H19N3O2. The maximum atomic E-state index is 12.4. The lowest BCUT2D eigenvalue weighted by Crippen LogP contribution is -2.36. The summed E-state index contributed by atoms with van der Waals surface area (Å²) < 4.78 is 5.06. The SMILES string of the molecule is COCCN(C(=O)c1c(C)n[nH]c1C)C1CC1. The van der Waals surface area contributed by atoms with Gasteiger partial charge in [-0.25, -0.2) is 0 Å². The summed E-state index contributed by atoms with van der Waals surface area (Å²) in [7, 11) is 1.66. The van der Waals surface area contributed by atoms with Crippen molar-refractivity contribution in [2.24, 2.45) is 0 Å². The van der Waals surface area contributed by atoms with E-state index < -0.39 is 0 Å². The van der Waals surface area contributed by atoms with Crippen LogP contribution in [0.3, 0.4) is 0 Å². The Morgan fingerprint density at radius 2 is 2.24 bits per heavy atom. The van der Waals surface area contributed by atoms with Crippen molar-refractivity contribution < 1.29 is 9.53 Å². The van der Waals surface area contributed by atoms with E-state index in [-0.39, 0.29) is 5.91 Å². The number of H-pyrrole nitrogens is 1. The van der Waals surface area contributed by atoms with Crippen LogP contribution in [-0.4, -0.2) is 47.3 Å². The van der Waals surface area contributed by atoms with E-state index in [9.17, 15) is 4.79 Å². The monoisotopic (exact) mass is 237 g/mol. The first kappa shape index (κ1) is 12.1. The zero-order chi connectivity index (χ0) is 12.4. The van der Waals surface area contributed by atoms with Gasteiger partial charge in [-0.2, -0.15) is 5.10 Å². The van der Waals surface area contributed by atoms with E-state index in [1.54, 1.807) is 7.11 Å². The Hall–Kier alpha value is -1.36. The third kappa shape index (κ3) is 2.49. The molecule has 0 radical (unpaired) electrons. The van der Waals surface area contributed by atoms with Crippen LogP contribution in [0.25, 0.3) is 0 Å². The predicted molar refractivity (Wildman–Crippen MR) is 64.0 cm³/mol. The van der Waals surface area contributed by atoms with Crippen molar-refractivity contribution in [3.8, 4) is 0 Å². The van der Waals surface area contributed by atoms with Gasteiger partial charge in [-0.15, -0.1) is 0 Å². The van der Waals surface area contributed by atoms with Crippen molar-refractivity contribution in [3.63, 3.8) is 0 Å². The fraction of sp³-hybridized carbons (Fsp3) is 0.667. The van der Waals surface area contributed by atoms with Crippen LogP contribution in [0.15, 0.2) is 0 Å². The van der Waals surface area contributed by atoms with Gasteiger partial charge >= 0.3 is 0 Å². The summed E-state index contributed by atoms with van der Waals surface area (Å²) in [5.41, 5.74) is 2.33. The number of rotatable bonds is 5. The first-order chi connectivity index (χ1) is 8.15. The highest BCUT2D eigenvalue weighted by Gasteiger charge is 2.34. The van der Waals surface area contributed by atoms with Crippen molar-refractivity contribution in [2.75, 3.05) is 20.3 Å². The van der Waals surface area contributed by atoms with E-state index in [1.165, 1.54) is 0 Å². The topological polar surface area (TPSA) is 58.2 Å². The maximum Gasteiger partial charge on any atom is 0.257 e. The second-order valence-corrected chi connectivity index (χ2v) is 4.53. The Balaban J connectivity index is 2.16. The van der Waals surface area contributed by atoms with Crippen LogP contribution in [0.1, 0.15) is 34.6 Å². The van der Waals surface area contributed by atoms with Gasteiger partial charge in [0.2, 0.25) is 0 Å². The number of nitrogens with zero attached hydrogens (tertiary/aromatic N) is 2. The lowest BCUT2D eigenvalue weighted by molar-refractivity contribution is 0.0679. The minimum absolute atomic E-state index is 0.0771. The van der Waals surface area contributed by atoms with Crippen molar-refractivity contribution in [1.29, 1.82) is 0 Å². The number of carbonyl (C=O) groups excluding carboxylic acids is 1. The van der Waals surface area contributed by atoms with E-state index in [1.807, 2.05) is 18.7 Å². The highest BCUT2D eigenvalue weighted by molar-refractivity contribution is 5.96. The molecule has 17 heavy (non-hydrogen) atoms. The number of hydrogen-bond donors (Lipinski definition) is 1. The Bertz CT molecular complexity index is 390. The average Bonchev–Trinajstić information content (AvgIpc) is 3.06. The molecule has 0 atom stereocenters. The summed E-state index contributed by atoms with van der Waals surface area (Å²) in [6, 6.07) is 0.395. The number of nitrogens with one attached hydrogen (secondary N) is 1. The largest absolute Gasteiger partial charge is 0.383 e. The Morgan fingerprint density at radius 1 is 1.53 bits per heavy atom. The van der Waals surface area contributed by atoms with Crippen LogP contribution >= 0.6 is 0 Å². The maximum absolute atomic E-state index is 12.4. The number of carbonyl (C=O) groups is 1. The Kier molecular flexibility index (Phi) is 3.47. The molecule has 0 spiro atoms. The number of amides is 1. The summed E-state index contributed by atoms with van der Waals surface area (Å²) in [6.07, 6.45) is 2.21. The zero-order valence-corrected chi connectivity index (χ0v) is 10.6. The highest BCUT2D eigenvalue weighted by Crippen LogP contribution is 2.28. The molecule has 0 aliphatic heterocycles. The van der Waals surface area contributed by atoms with E-state index in [0.717, 1.165) is 24.2 Å². The lowest BCUT2D eigenvalue weighted by atomic mass is 10.1. The van der Waals surface area contributed by atoms with Crippen LogP contribution in [-0.2, 0) is 4.74 Å². The first-order valence-electron chi connectivity index (χ1n) is 5.96. The molecule has 1 fully saturated rings. The van der Waals surface area contributed by atoms with Crippen LogP contribution < -0.4 is 0 Å². The molecule has 0 bridgehead atoms. The highest BCUT2D eigenvalue weighted by atomic mass is 16.5. The van der Waals surface area contributed by atoms with Crippen molar-refractivity contribution >= 4 is 5.91 Å². The Labute approximate surface area is 101 Å². The van der Waals surface area contributed by atoms with Crippen molar-refractivity contribution in [2.45, 2.75) is 32.7 Å². The van der Waals surface area contributed by atoms with Crippen LogP contribution in [0, 0.1) is 13.8 Å². The zero-order valence-electron chi connectivity index (χ0n) is 10.6. The molecule has 5 nitrogen and oxygen atoms in total. The molecule has 0 aromatic carbocycles. The summed E-state index contributed by atoms with van der Waals surface area (Å²) in [5.74, 6) is 0.0771. The van der Waals surface area contributed by atoms with Crippen LogP contribution in [0.4, 0.5) is 0 Å². The molecule has 1 aliphatic rings. The van der Waals surface area contributed by atoms with Gasteiger partial charge < -0.3 is 9.64 Å². The smallest absolute Gasteiger partial charge is 0.257 e. The van der Waals surface area contributed by atoms with Gasteiger partial charge in [-0.1, -0.05) is 0 Å². The third-order valence-electron chi connectivity index (χ3n) is 3.13. The van der Waals surface area contributed by atoms with Gasteiger partial charge in [0, 0.05) is 25.4 Å². The third-order valence-corrected chi connectivity index (χ3v) is 3.13. The van der Waals surface area contributed by atoms with Crippen LogP contribution in [0.2, 0.25) is 0 Å². The molecular weight excluding hydrogens is 218 g/mol. The van der Waals surface area contributed by atoms with Gasteiger partial charge in [0.05, 0.1) is 17.9 Å². The second-order valence-electron chi connectivity index (χ2n) is 4.53. The van der Waals surface area contributed by atoms with Gasteiger partial charge in [0.25, 0.3) is 5.91 Å². The molecule has 0 saturated heterocycles. The molecule has 5 heteroatoms. The van der Waals surface area contributed by atoms with Gasteiger partial charge in [-0.05, 0) is 26.7 Å². The van der Waals surface area contributed by atoms with Crippen LogP contribution in [0.5, 0.6) is 0 Å². The number of aromatic nitrogens is 2. The van der Waals surface area contributed by atoms with Crippen molar-refractivity contribution in [3.05, 3.63) is 17.0 Å². The Morgan fingerprint density at radius 3 is 2.71 bits per heavy atom. The number of hydrogen-bond acceptors (Lipinski definition) is 3. The second kappa shape index (κ2) is 4.87. The molecule has 1 heterocycles. The fourth-order valence-corrected chi connectivity index (χ4v) is 2.04. The number of ether oxygens (including phenoxy) is 1. The van der Waals surface area contributed by atoms with Crippen molar-refractivity contribution in [1.82, 2.24) is 15.1 Å². The van der Waals surface area contributed by atoms with Gasteiger partial charge in [0.1, 0.15) is 0 Å². The van der Waals surface area contributed by atoms with E-state index in [0.29, 0.717) is 24.8 Å². The molecule has 0 unspecified atom stereocenters. The quantitative estimate of drug-likeness (QED) is 0.839. The minimum Gasteiger partial charge on any atom is -0.383 e. The summed E-state index contributed by atoms with van der Waals surface area (Å²) in [4.78, 5) is 14.4. The van der Waals surface area contributed by atoms with Gasteiger partial charge in [-0.3, -0.25) is 9.89 Å². The first-order valence-corrected chi connectivity index (χ1v) is 5.96. The fourth-order valence-electron chi connectivity index (χ4n) is 2.04. The summed E-state index contributed by atoms with van der Waals surface area (Å²) in [6.45, 7) is 4.98. The van der Waals surface area contributed by atoms with Gasteiger partial charge in [0.15, 0.2) is 0 Å². The minimum atomic E-state index is 0.0771. The molecule has 2 rings (SSSR count). The standard InChI is InChI=1S/C12H19N3O2/c1-8-11(9(2)14-13-8)12(16)15(6-7-17-3)10-4-5-10/h10H,4-7H2,1-3H3,(H,13,14). The molecule has 1 saturated carbocycles. The molecule has 1 aliphatic carbocycles. The normalized spacial score (nSPS) is 15.0. The number of aryl methyl sites for hydroxylation is 2. The van der Waals surface area contributed by atoms with E-state index in [4.69, 9.17) is 4.74 Å².